The SMILES string of the molecule is CC(CCl)C(=O)N1CCCC(CO)C1. The first-order valence-corrected chi connectivity index (χ1v) is 5.68. The van der Waals surface area contributed by atoms with Crippen LogP contribution in [0.5, 0.6) is 0 Å². The number of aliphatic hydroxyl groups is 1. The highest BCUT2D eigenvalue weighted by atomic mass is 35.5. The summed E-state index contributed by atoms with van der Waals surface area (Å²) in [5.41, 5.74) is 0. The number of hydrogen-bond donors (Lipinski definition) is 1. The van der Waals surface area contributed by atoms with Crippen molar-refractivity contribution in [1.29, 1.82) is 0 Å². The molecule has 0 radical (unpaired) electrons. The lowest BCUT2D eigenvalue weighted by Crippen LogP contribution is -2.43. The van der Waals surface area contributed by atoms with Crippen LogP contribution >= 0.6 is 11.6 Å². The molecule has 82 valence electrons. The summed E-state index contributed by atoms with van der Waals surface area (Å²) in [5.74, 6) is 0.654. The van der Waals surface area contributed by atoms with Crippen LogP contribution < -0.4 is 0 Å². The molecule has 4 heteroatoms. The highest BCUT2D eigenvalue weighted by Gasteiger charge is 2.25. The third-order valence-corrected chi connectivity index (χ3v) is 3.20. The van der Waals surface area contributed by atoms with E-state index in [-0.39, 0.29) is 24.3 Å². The quantitative estimate of drug-likeness (QED) is 0.722. The summed E-state index contributed by atoms with van der Waals surface area (Å²) >= 11 is 5.64. The maximum Gasteiger partial charge on any atom is 0.226 e. The van der Waals surface area contributed by atoms with E-state index < -0.39 is 0 Å². The van der Waals surface area contributed by atoms with Crippen LogP contribution in [0.4, 0.5) is 0 Å². The van der Waals surface area contributed by atoms with Gasteiger partial charge in [-0.3, -0.25) is 4.79 Å². The van der Waals surface area contributed by atoms with Crippen molar-refractivity contribution in [3.05, 3.63) is 0 Å². The summed E-state index contributed by atoms with van der Waals surface area (Å²) in [5, 5.41) is 9.02. The first-order valence-electron chi connectivity index (χ1n) is 5.14. The number of halogens is 1. The second-order valence-corrected chi connectivity index (χ2v) is 4.34. The number of amides is 1. The lowest BCUT2D eigenvalue weighted by Gasteiger charge is -2.33. The van der Waals surface area contributed by atoms with E-state index in [1.807, 2.05) is 11.8 Å². The van der Waals surface area contributed by atoms with Gasteiger partial charge in [-0.15, -0.1) is 11.6 Å². The predicted octanol–water partition coefficient (Wildman–Crippen LogP) is 1.09. The normalized spacial score (nSPS) is 24.8. The largest absolute Gasteiger partial charge is 0.396 e. The highest BCUT2D eigenvalue weighted by molar-refractivity contribution is 6.19. The van der Waals surface area contributed by atoms with Crippen LogP contribution in [0.25, 0.3) is 0 Å². The Hall–Kier alpha value is -0.280. The van der Waals surface area contributed by atoms with Crippen molar-refractivity contribution in [2.24, 2.45) is 11.8 Å². The molecule has 1 fully saturated rings. The molecular weight excluding hydrogens is 202 g/mol. The second-order valence-electron chi connectivity index (χ2n) is 4.03. The van der Waals surface area contributed by atoms with Crippen LogP contribution in [0.1, 0.15) is 19.8 Å². The fraction of sp³-hybridized carbons (Fsp3) is 0.900. The van der Waals surface area contributed by atoms with Gasteiger partial charge in [0.25, 0.3) is 0 Å². The fourth-order valence-corrected chi connectivity index (χ4v) is 1.92. The van der Waals surface area contributed by atoms with Crippen LogP contribution in [0, 0.1) is 11.8 Å². The zero-order valence-corrected chi connectivity index (χ0v) is 9.33. The van der Waals surface area contributed by atoms with Gasteiger partial charge in [0, 0.05) is 31.5 Å². The molecule has 1 heterocycles. The predicted molar refractivity (Wildman–Crippen MR) is 56.3 cm³/mol. The number of likely N-dealkylation sites (tertiary alicyclic amines) is 1. The molecule has 1 saturated heterocycles. The van der Waals surface area contributed by atoms with Crippen LogP contribution in [-0.2, 0) is 4.79 Å². The molecule has 2 unspecified atom stereocenters. The summed E-state index contributed by atoms with van der Waals surface area (Å²) in [6.07, 6.45) is 2.02. The summed E-state index contributed by atoms with van der Waals surface area (Å²) < 4.78 is 0. The lowest BCUT2D eigenvalue weighted by atomic mass is 9.98. The van der Waals surface area contributed by atoms with E-state index in [0.29, 0.717) is 12.4 Å². The van der Waals surface area contributed by atoms with E-state index in [4.69, 9.17) is 16.7 Å². The molecule has 1 aliphatic heterocycles. The first kappa shape index (κ1) is 11.8. The van der Waals surface area contributed by atoms with Gasteiger partial charge in [-0.2, -0.15) is 0 Å². The third-order valence-electron chi connectivity index (χ3n) is 2.74. The van der Waals surface area contributed by atoms with E-state index in [1.165, 1.54) is 0 Å². The fourth-order valence-electron chi connectivity index (χ4n) is 1.79. The van der Waals surface area contributed by atoms with E-state index >= 15 is 0 Å². The molecule has 0 aromatic rings. The minimum atomic E-state index is -0.103. The summed E-state index contributed by atoms with van der Waals surface area (Å²) in [6, 6.07) is 0. The molecule has 2 atom stereocenters. The molecule has 0 bridgehead atoms. The zero-order valence-electron chi connectivity index (χ0n) is 8.58. The number of alkyl halides is 1. The van der Waals surface area contributed by atoms with Crippen LogP contribution in [0.2, 0.25) is 0 Å². The Morgan fingerprint density at radius 1 is 1.71 bits per heavy atom. The summed E-state index contributed by atoms with van der Waals surface area (Å²) in [7, 11) is 0. The standard InChI is InChI=1S/C10H18ClNO2/c1-8(5-11)10(14)12-4-2-3-9(6-12)7-13/h8-9,13H,2-7H2,1H3. The number of carbonyl (C=O) groups excluding carboxylic acids is 1. The first-order chi connectivity index (χ1) is 6.69. The van der Waals surface area contributed by atoms with E-state index in [0.717, 1.165) is 19.4 Å². The monoisotopic (exact) mass is 219 g/mol. The number of rotatable bonds is 3. The Morgan fingerprint density at radius 2 is 2.43 bits per heavy atom. The van der Waals surface area contributed by atoms with Crippen LogP contribution in [0.3, 0.4) is 0 Å². The maximum absolute atomic E-state index is 11.8. The molecule has 1 rings (SSSR count). The van der Waals surface area contributed by atoms with Gasteiger partial charge in [0.2, 0.25) is 5.91 Å². The Labute approximate surface area is 90.0 Å². The van der Waals surface area contributed by atoms with Crippen LogP contribution in [-0.4, -0.2) is 41.5 Å². The molecule has 1 N–H and O–H groups in total. The topological polar surface area (TPSA) is 40.5 Å². The number of piperidine rings is 1. The van der Waals surface area contributed by atoms with Gasteiger partial charge in [-0.1, -0.05) is 6.92 Å². The third kappa shape index (κ3) is 2.85. The second kappa shape index (κ2) is 5.56. The van der Waals surface area contributed by atoms with Gasteiger partial charge in [0.05, 0.1) is 0 Å². The van der Waals surface area contributed by atoms with Gasteiger partial charge in [-0.05, 0) is 18.8 Å². The smallest absolute Gasteiger partial charge is 0.226 e. The lowest BCUT2D eigenvalue weighted by molar-refractivity contribution is -0.136. The van der Waals surface area contributed by atoms with Crippen molar-refractivity contribution in [1.82, 2.24) is 4.90 Å². The Kier molecular flexibility index (Phi) is 4.69. The van der Waals surface area contributed by atoms with Crippen molar-refractivity contribution in [2.75, 3.05) is 25.6 Å². The van der Waals surface area contributed by atoms with Crippen molar-refractivity contribution >= 4 is 17.5 Å². The molecule has 0 aliphatic carbocycles. The number of nitrogens with zero attached hydrogens (tertiary/aromatic N) is 1. The van der Waals surface area contributed by atoms with Crippen molar-refractivity contribution < 1.29 is 9.90 Å². The average Bonchev–Trinajstić information content (AvgIpc) is 2.27. The minimum Gasteiger partial charge on any atom is -0.396 e. The van der Waals surface area contributed by atoms with Gasteiger partial charge >= 0.3 is 0 Å². The van der Waals surface area contributed by atoms with Gasteiger partial charge in [0.15, 0.2) is 0 Å². The zero-order chi connectivity index (χ0) is 10.6. The van der Waals surface area contributed by atoms with Crippen molar-refractivity contribution in [2.45, 2.75) is 19.8 Å². The maximum atomic E-state index is 11.8. The molecule has 0 aromatic heterocycles. The van der Waals surface area contributed by atoms with Crippen LogP contribution in [0.15, 0.2) is 0 Å². The minimum absolute atomic E-state index is 0.103. The van der Waals surface area contributed by atoms with E-state index in [2.05, 4.69) is 0 Å². The molecule has 3 nitrogen and oxygen atoms in total. The Balaban J connectivity index is 2.47. The number of aliphatic hydroxyl groups excluding tert-OH is 1. The summed E-state index contributed by atoms with van der Waals surface area (Å²) in [6.45, 7) is 3.53. The van der Waals surface area contributed by atoms with Crippen molar-refractivity contribution in [3.8, 4) is 0 Å². The average molecular weight is 220 g/mol. The number of hydrogen-bond acceptors (Lipinski definition) is 2. The van der Waals surface area contributed by atoms with E-state index in [9.17, 15) is 4.79 Å². The molecule has 14 heavy (non-hydrogen) atoms. The highest BCUT2D eigenvalue weighted by Crippen LogP contribution is 2.18. The Morgan fingerprint density at radius 3 is 3.00 bits per heavy atom. The molecule has 0 saturated carbocycles. The molecule has 0 aromatic carbocycles. The Bertz CT molecular complexity index is 199. The number of carbonyl (C=O) groups is 1. The molecule has 1 amide bonds. The van der Waals surface area contributed by atoms with E-state index in [1.54, 1.807) is 0 Å². The van der Waals surface area contributed by atoms with Gasteiger partial charge in [-0.25, -0.2) is 0 Å². The molecular formula is C10H18ClNO2. The van der Waals surface area contributed by atoms with Crippen molar-refractivity contribution in [3.63, 3.8) is 0 Å². The summed E-state index contributed by atoms with van der Waals surface area (Å²) in [4.78, 5) is 13.6. The molecule has 1 aliphatic rings. The molecule has 0 spiro atoms. The van der Waals surface area contributed by atoms with Gasteiger partial charge in [0.1, 0.15) is 0 Å². The van der Waals surface area contributed by atoms with Gasteiger partial charge < -0.3 is 10.0 Å².